The first-order valence-corrected chi connectivity index (χ1v) is 10.8. The van der Waals surface area contributed by atoms with Crippen LogP contribution in [-0.2, 0) is 0 Å². The van der Waals surface area contributed by atoms with Gasteiger partial charge >= 0.3 is 0 Å². The summed E-state index contributed by atoms with van der Waals surface area (Å²) in [5, 5.41) is 14.5. The molecule has 29 heavy (non-hydrogen) atoms. The molecule has 0 spiro atoms. The quantitative estimate of drug-likeness (QED) is 0.493. The predicted octanol–water partition coefficient (Wildman–Crippen LogP) is 3.33. The average Bonchev–Trinajstić information content (AvgIpc) is 2.67. The van der Waals surface area contributed by atoms with Gasteiger partial charge in [-0.05, 0) is 58.2 Å². The van der Waals surface area contributed by atoms with Gasteiger partial charge in [0.25, 0.3) is 0 Å². The van der Waals surface area contributed by atoms with Crippen LogP contribution in [0.2, 0.25) is 0 Å². The number of nitrogens with one attached hydrogen (secondary N) is 1. The van der Waals surface area contributed by atoms with Gasteiger partial charge in [-0.15, -0.1) is 0 Å². The lowest BCUT2D eigenvalue weighted by molar-refractivity contribution is 0.205. The summed E-state index contributed by atoms with van der Waals surface area (Å²) >= 11 is 0. The molecule has 2 atom stereocenters. The summed E-state index contributed by atoms with van der Waals surface area (Å²) in [6, 6.07) is 9.40. The van der Waals surface area contributed by atoms with Crippen molar-refractivity contribution >= 4 is 22.6 Å². The molecule has 6 heteroatoms. The predicted molar refractivity (Wildman–Crippen MR) is 122 cm³/mol. The largest absolute Gasteiger partial charge is 0.383 e. The van der Waals surface area contributed by atoms with Crippen LogP contribution in [0.1, 0.15) is 57.6 Å². The molecular weight excluding hydrogens is 362 g/mol. The van der Waals surface area contributed by atoms with Crippen molar-refractivity contribution in [3.63, 3.8) is 0 Å². The van der Waals surface area contributed by atoms with Gasteiger partial charge in [0.1, 0.15) is 17.9 Å². The van der Waals surface area contributed by atoms with Crippen LogP contribution in [0.4, 0.5) is 5.82 Å². The van der Waals surface area contributed by atoms with Gasteiger partial charge in [-0.25, -0.2) is 9.98 Å². The third-order valence-corrected chi connectivity index (χ3v) is 5.59. The molecule has 2 aromatic rings. The number of fused-ring (bicyclic) bond motifs is 1. The summed E-state index contributed by atoms with van der Waals surface area (Å²) in [6.45, 7) is 10.0. The van der Waals surface area contributed by atoms with E-state index in [4.69, 9.17) is 10.7 Å². The number of aromatic nitrogens is 1. The van der Waals surface area contributed by atoms with Crippen molar-refractivity contribution in [3.05, 3.63) is 35.4 Å². The fraction of sp³-hybridized carbons (Fsp3) is 0.565. The first kappa shape index (κ1) is 21.5. The molecule has 0 bridgehead atoms. The maximum Gasteiger partial charge on any atom is 0.144 e. The number of aliphatic hydroxyl groups is 1. The van der Waals surface area contributed by atoms with Crippen LogP contribution in [0.5, 0.6) is 0 Å². The molecule has 0 radical (unpaired) electrons. The summed E-state index contributed by atoms with van der Waals surface area (Å²) in [6.07, 6.45) is 3.73. The van der Waals surface area contributed by atoms with E-state index in [1.165, 1.54) is 18.4 Å². The van der Waals surface area contributed by atoms with E-state index >= 15 is 0 Å². The Morgan fingerprint density at radius 3 is 2.69 bits per heavy atom. The minimum atomic E-state index is -0.842. The smallest absolute Gasteiger partial charge is 0.144 e. The molecule has 0 saturated carbocycles. The average molecular weight is 398 g/mol. The number of nitrogens with two attached hydrogens (primary N) is 1. The summed E-state index contributed by atoms with van der Waals surface area (Å²) in [4.78, 5) is 11.4. The molecule has 2 unspecified atom stereocenters. The van der Waals surface area contributed by atoms with Crippen LogP contribution in [0.25, 0.3) is 10.9 Å². The number of aryl methyl sites for hydroxylation is 1. The third-order valence-electron chi connectivity index (χ3n) is 5.59. The van der Waals surface area contributed by atoms with Crippen LogP contribution in [0.15, 0.2) is 29.3 Å². The SMILES string of the molecule is CCCC(C)NC1CCN(c2nc3ccc(C)cc3cc2C(N)=NC(C)O)CC1. The number of pyridine rings is 1. The molecule has 1 aliphatic rings. The maximum absolute atomic E-state index is 9.70. The summed E-state index contributed by atoms with van der Waals surface area (Å²) in [7, 11) is 0. The van der Waals surface area contributed by atoms with Crippen LogP contribution >= 0.6 is 0 Å². The number of hydrogen-bond acceptors (Lipinski definition) is 5. The second-order valence-electron chi connectivity index (χ2n) is 8.32. The first-order valence-electron chi connectivity index (χ1n) is 10.8. The molecule has 3 rings (SSSR count). The van der Waals surface area contributed by atoms with E-state index in [0.717, 1.165) is 48.2 Å². The third kappa shape index (κ3) is 5.46. The van der Waals surface area contributed by atoms with E-state index < -0.39 is 6.23 Å². The van der Waals surface area contributed by atoms with Crippen molar-refractivity contribution in [2.75, 3.05) is 18.0 Å². The molecule has 1 saturated heterocycles. The van der Waals surface area contributed by atoms with Gasteiger partial charge < -0.3 is 21.1 Å². The van der Waals surface area contributed by atoms with Crippen molar-refractivity contribution < 1.29 is 5.11 Å². The summed E-state index contributed by atoms with van der Waals surface area (Å²) in [5.74, 6) is 1.20. The van der Waals surface area contributed by atoms with Crippen molar-refractivity contribution in [1.29, 1.82) is 0 Å². The Balaban J connectivity index is 1.87. The highest BCUT2D eigenvalue weighted by Gasteiger charge is 2.24. The lowest BCUT2D eigenvalue weighted by atomic mass is 10.0. The summed E-state index contributed by atoms with van der Waals surface area (Å²) in [5.41, 5.74) is 9.20. The van der Waals surface area contributed by atoms with Crippen LogP contribution < -0.4 is 16.0 Å². The van der Waals surface area contributed by atoms with Crippen molar-refractivity contribution in [1.82, 2.24) is 10.3 Å². The zero-order valence-electron chi connectivity index (χ0n) is 18.2. The molecule has 0 aliphatic carbocycles. The normalized spacial score (nSPS) is 18.2. The molecular formula is C23H35N5O. The number of aliphatic imine (C=N–C) groups is 1. The van der Waals surface area contributed by atoms with Crippen molar-refractivity contribution in [2.45, 2.75) is 71.7 Å². The molecule has 4 N–H and O–H groups in total. The zero-order valence-corrected chi connectivity index (χ0v) is 18.2. The molecule has 1 aromatic carbocycles. The zero-order chi connectivity index (χ0) is 21.0. The van der Waals surface area contributed by atoms with Crippen molar-refractivity contribution in [2.24, 2.45) is 10.7 Å². The van der Waals surface area contributed by atoms with E-state index in [9.17, 15) is 5.11 Å². The number of hydrogen-bond donors (Lipinski definition) is 3. The number of rotatable bonds is 7. The van der Waals surface area contributed by atoms with Crippen LogP contribution in [0, 0.1) is 6.92 Å². The first-order chi connectivity index (χ1) is 13.9. The second-order valence-corrected chi connectivity index (χ2v) is 8.32. The van der Waals surface area contributed by atoms with E-state index in [2.05, 4.69) is 60.2 Å². The Morgan fingerprint density at radius 2 is 2.03 bits per heavy atom. The van der Waals surface area contributed by atoms with Gasteiger partial charge in [0.05, 0.1) is 11.1 Å². The summed E-state index contributed by atoms with van der Waals surface area (Å²) < 4.78 is 0. The molecule has 2 heterocycles. The Kier molecular flexibility index (Phi) is 7.09. The number of nitrogens with zero attached hydrogens (tertiary/aromatic N) is 3. The Labute approximate surface area is 174 Å². The van der Waals surface area contributed by atoms with Crippen LogP contribution in [-0.4, -0.2) is 47.3 Å². The minimum Gasteiger partial charge on any atom is -0.383 e. The van der Waals surface area contributed by atoms with E-state index in [-0.39, 0.29) is 0 Å². The highest BCUT2D eigenvalue weighted by atomic mass is 16.3. The Bertz CT molecular complexity index is 856. The topological polar surface area (TPSA) is 86.8 Å². The highest BCUT2D eigenvalue weighted by Crippen LogP contribution is 2.27. The van der Waals surface area contributed by atoms with Gasteiger partial charge in [-0.3, -0.25) is 0 Å². The van der Waals surface area contributed by atoms with E-state index in [0.29, 0.717) is 17.9 Å². The number of amidine groups is 1. The van der Waals surface area contributed by atoms with Gasteiger partial charge in [0.2, 0.25) is 0 Å². The standard InChI is InChI=1S/C23H35N5O/c1-5-6-16(3)25-19-9-11-28(12-10-19)23-20(22(24)26-17(4)29)14-18-13-15(2)7-8-21(18)27-23/h7-8,13-14,16-17,19,25,29H,5-6,9-12H2,1-4H3,(H2,24,26). The van der Waals surface area contributed by atoms with Gasteiger partial charge in [0.15, 0.2) is 0 Å². The molecule has 0 amide bonds. The second kappa shape index (κ2) is 9.55. The van der Waals surface area contributed by atoms with Gasteiger partial charge in [0, 0.05) is 30.6 Å². The maximum atomic E-state index is 9.70. The monoisotopic (exact) mass is 397 g/mol. The number of piperidine rings is 1. The fourth-order valence-corrected chi connectivity index (χ4v) is 4.16. The van der Waals surface area contributed by atoms with Crippen LogP contribution in [0.3, 0.4) is 0 Å². The number of anilines is 1. The van der Waals surface area contributed by atoms with E-state index in [1.807, 2.05) is 0 Å². The lowest BCUT2D eigenvalue weighted by Crippen LogP contribution is -2.46. The number of benzene rings is 1. The molecule has 1 aliphatic heterocycles. The molecule has 158 valence electrons. The van der Waals surface area contributed by atoms with Crippen molar-refractivity contribution in [3.8, 4) is 0 Å². The van der Waals surface area contributed by atoms with Gasteiger partial charge in [-0.2, -0.15) is 0 Å². The molecule has 1 aromatic heterocycles. The Hall–Kier alpha value is -2.18. The molecule has 6 nitrogen and oxygen atoms in total. The fourth-order valence-electron chi connectivity index (χ4n) is 4.16. The Morgan fingerprint density at radius 1 is 1.31 bits per heavy atom. The highest BCUT2D eigenvalue weighted by molar-refractivity contribution is 6.04. The van der Waals surface area contributed by atoms with E-state index in [1.54, 1.807) is 6.92 Å². The van der Waals surface area contributed by atoms with Gasteiger partial charge in [-0.1, -0.05) is 25.0 Å². The number of aliphatic hydroxyl groups excluding tert-OH is 1. The lowest BCUT2D eigenvalue weighted by Gasteiger charge is -2.35. The minimum absolute atomic E-state index is 0.336. The molecule has 1 fully saturated rings.